The maximum absolute atomic E-state index is 12.7. The number of amides is 1. The Bertz CT molecular complexity index is 781. The molecule has 0 atom stereocenters. The van der Waals surface area contributed by atoms with Gasteiger partial charge in [0.1, 0.15) is 5.01 Å². The summed E-state index contributed by atoms with van der Waals surface area (Å²) in [6, 6.07) is 5.10. The molecule has 0 aliphatic carbocycles. The molecule has 0 radical (unpaired) electrons. The van der Waals surface area contributed by atoms with Crippen LogP contribution in [0, 0.1) is 5.92 Å². The van der Waals surface area contributed by atoms with E-state index in [1.807, 2.05) is 12.3 Å². The number of aromatic nitrogens is 1. The average Bonchev–Trinajstić information content (AvgIpc) is 3.14. The Kier molecular flexibility index (Phi) is 6.72. The summed E-state index contributed by atoms with van der Waals surface area (Å²) in [5.41, 5.74) is 0.947. The summed E-state index contributed by atoms with van der Waals surface area (Å²) in [6.45, 7) is 5.15. The first-order valence-corrected chi connectivity index (χ1v) is 10.4. The van der Waals surface area contributed by atoms with Crippen molar-refractivity contribution < 1.29 is 18.0 Å². The van der Waals surface area contributed by atoms with E-state index >= 15 is 0 Å². The van der Waals surface area contributed by atoms with E-state index in [0.717, 1.165) is 61.7 Å². The van der Waals surface area contributed by atoms with E-state index in [9.17, 15) is 18.0 Å². The number of hydrogen-bond acceptors (Lipinski definition) is 4. The van der Waals surface area contributed by atoms with Crippen LogP contribution >= 0.6 is 11.3 Å². The van der Waals surface area contributed by atoms with Gasteiger partial charge in [0.2, 0.25) is 5.91 Å². The molecule has 1 saturated heterocycles. The normalized spacial score (nSPS) is 16.3. The number of nitrogens with one attached hydrogen (secondary N) is 1. The molecule has 152 valence electrons. The third kappa shape index (κ3) is 5.32. The van der Waals surface area contributed by atoms with E-state index < -0.39 is 11.7 Å². The molecular formula is C20H24F3N3OS. The number of benzene rings is 1. The van der Waals surface area contributed by atoms with Crippen LogP contribution in [0.4, 0.5) is 13.2 Å². The number of hydrogen-bond donors (Lipinski definition) is 1. The van der Waals surface area contributed by atoms with Crippen molar-refractivity contribution >= 4 is 17.2 Å². The summed E-state index contributed by atoms with van der Waals surface area (Å²) in [5, 5.41) is 5.63. The first-order valence-electron chi connectivity index (χ1n) is 9.49. The number of thiazole rings is 1. The minimum absolute atomic E-state index is 0.0842. The summed E-state index contributed by atoms with van der Waals surface area (Å²) < 4.78 is 38.0. The molecule has 1 aromatic heterocycles. The molecule has 0 bridgehead atoms. The maximum atomic E-state index is 12.7. The molecule has 0 spiro atoms. The van der Waals surface area contributed by atoms with Crippen LogP contribution < -0.4 is 5.32 Å². The summed E-state index contributed by atoms with van der Waals surface area (Å²) in [5.74, 6) is 0.237. The first-order chi connectivity index (χ1) is 13.4. The number of likely N-dealkylation sites (tertiary alicyclic amines) is 1. The van der Waals surface area contributed by atoms with E-state index in [-0.39, 0.29) is 11.8 Å². The van der Waals surface area contributed by atoms with Gasteiger partial charge in [-0.15, -0.1) is 11.3 Å². The number of alkyl halides is 3. The second-order valence-electron chi connectivity index (χ2n) is 7.06. The maximum Gasteiger partial charge on any atom is 0.416 e. The molecule has 0 saturated carbocycles. The minimum Gasteiger partial charge on any atom is -0.356 e. The Morgan fingerprint density at radius 2 is 1.93 bits per heavy atom. The molecule has 1 fully saturated rings. The highest BCUT2D eigenvalue weighted by molar-refractivity contribution is 7.13. The Morgan fingerprint density at radius 1 is 1.25 bits per heavy atom. The molecule has 1 aromatic carbocycles. The van der Waals surface area contributed by atoms with Crippen LogP contribution in [0.1, 0.15) is 37.4 Å². The van der Waals surface area contributed by atoms with Gasteiger partial charge in [-0.1, -0.05) is 19.1 Å². The van der Waals surface area contributed by atoms with Crippen molar-refractivity contribution in [1.29, 1.82) is 0 Å². The second-order valence-corrected chi connectivity index (χ2v) is 7.92. The van der Waals surface area contributed by atoms with E-state index in [1.54, 1.807) is 0 Å². The fourth-order valence-electron chi connectivity index (χ4n) is 3.29. The van der Waals surface area contributed by atoms with Crippen molar-refractivity contribution in [3.05, 3.63) is 40.9 Å². The van der Waals surface area contributed by atoms with Gasteiger partial charge in [-0.05, 0) is 44.5 Å². The Hall–Kier alpha value is -1.93. The van der Waals surface area contributed by atoms with Gasteiger partial charge >= 0.3 is 6.18 Å². The van der Waals surface area contributed by atoms with Crippen LogP contribution in [-0.2, 0) is 17.5 Å². The topological polar surface area (TPSA) is 45.2 Å². The predicted octanol–water partition coefficient (Wildman–Crippen LogP) is 4.57. The predicted molar refractivity (Wildman–Crippen MR) is 104 cm³/mol. The third-order valence-electron chi connectivity index (χ3n) is 4.90. The Balaban J connectivity index is 1.53. The monoisotopic (exact) mass is 411 g/mol. The Morgan fingerprint density at radius 3 is 2.54 bits per heavy atom. The van der Waals surface area contributed by atoms with E-state index in [4.69, 9.17) is 0 Å². The van der Waals surface area contributed by atoms with E-state index in [1.165, 1.54) is 23.5 Å². The van der Waals surface area contributed by atoms with Crippen molar-refractivity contribution in [3.8, 4) is 10.6 Å². The van der Waals surface area contributed by atoms with E-state index in [0.29, 0.717) is 12.1 Å². The molecule has 1 amide bonds. The highest BCUT2D eigenvalue weighted by atomic mass is 32.1. The minimum atomic E-state index is -4.33. The lowest BCUT2D eigenvalue weighted by Gasteiger charge is -2.30. The highest BCUT2D eigenvalue weighted by Gasteiger charge is 2.30. The van der Waals surface area contributed by atoms with Gasteiger partial charge in [0, 0.05) is 30.0 Å². The molecule has 2 heterocycles. The second kappa shape index (κ2) is 9.05. The standard InChI is InChI=1S/C20H24F3N3OS/c1-2-9-24-18(27)14-7-10-26(11-8-14)12-17-13-28-19(25-17)15-3-5-16(6-4-15)20(21,22)23/h3-6,13-14H,2,7-12H2,1H3,(H,24,27). The fraction of sp³-hybridized carbons (Fsp3) is 0.500. The zero-order valence-electron chi connectivity index (χ0n) is 15.8. The number of carbonyl (C=O) groups is 1. The SMILES string of the molecule is CCCNC(=O)C1CCN(Cc2csc(-c3ccc(C(F)(F)F)cc3)n2)CC1. The number of piperidine rings is 1. The van der Waals surface area contributed by atoms with Crippen LogP contribution in [0.3, 0.4) is 0 Å². The molecule has 1 N–H and O–H groups in total. The smallest absolute Gasteiger partial charge is 0.356 e. The van der Waals surface area contributed by atoms with Gasteiger partial charge in [-0.2, -0.15) is 13.2 Å². The molecule has 1 aliphatic rings. The zero-order valence-corrected chi connectivity index (χ0v) is 16.6. The van der Waals surface area contributed by atoms with Crippen LogP contribution in [-0.4, -0.2) is 35.4 Å². The molecular weight excluding hydrogens is 387 g/mol. The van der Waals surface area contributed by atoms with Gasteiger partial charge in [0.05, 0.1) is 11.3 Å². The van der Waals surface area contributed by atoms with Gasteiger partial charge < -0.3 is 5.32 Å². The number of nitrogens with zero attached hydrogens (tertiary/aromatic N) is 2. The summed E-state index contributed by atoms with van der Waals surface area (Å²) in [6.07, 6.45) is -1.71. The summed E-state index contributed by atoms with van der Waals surface area (Å²) in [4.78, 5) is 18.9. The van der Waals surface area contributed by atoms with Gasteiger partial charge in [-0.25, -0.2) is 4.98 Å². The van der Waals surface area contributed by atoms with Crippen molar-refractivity contribution in [2.45, 2.75) is 38.9 Å². The quantitative estimate of drug-likeness (QED) is 0.758. The van der Waals surface area contributed by atoms with Gasteiger partial charge in [0.25, 0.3) is 0 Å². The lowest BCUT2D eigenvalue weighted by molar-refractivity contribution is -0.137. The van der Waals surface area contributed by atoms with Crippen molar-refractivity contribution in [3.63, 3.8) is 0 Å². The molecule has 8 heteroatoms. The van der Waals surface area contributed by atoms with E-state index in [2.05, 4.69) is 15.2 Å². The van der Waals surface area contributed by atoms with Crippen molar-refractivity contribution in [2.75, 3.05) is 19.6 Å². The average molecular weight is 411 g/mol. The van der Waals surface area contributed by atoms with Crippen molar-refractivity contribution in [2.24, 2.45) is 5.92 Å². The number of halogens is 3. The molecule has 3 rings (SSSR count). The highest BCUT2D eigenvalue weighted by Crippen LogP contribution is 2.32. The molecule has 4 nitrogen and oxygen atoms in total. The third-order valence-corrected chi connectivity index (χ3v) is 5.84. The molecule has 0 unspecified atom stereocenters. The first kappa shape index (κ1) is 20.8. The van der Waals surface area contributed by atoms with Crippen molar-refractivity contribution in [1.82, 2.24) is 15.2 Å². The van der Waals surface area contributed by atoms with Crippen LogP contribution in [0.25, 0.3) is 10.6 Å². The Labute approximate surface area is 166 Å². The molecule has 28 heavy (non-hydrogen) atoms. The van der Waals surface area contributed by atoms with Crippen LogP contribution in [0.15, 0.2) is 29.6 Å². The number of carbonyl (C=O) groups excluding carboxylic acids is 1. The number of rotatable bonds is 6. The lowest BCUT2D eigenvalue weighted by atomic mass is 9.96. The molecule has 2 aromatic rings. The zero-order chi connectivity index (χ0) is 20.1. The summed E-state index contributed by atoms with van der Waals surface area (Å²) >= 11 is 1.44. The van der Waals surface area contributed by atoms with Gasteiger partial charge in [0.15, 0.2) is 0 Å². The lowest BCUT2D eigenvalue weighted by Crippen LogP contribution is -2.40. The van der Waals surface area contributed by atoms with Crippen LogP contribution in [0.2, 0.25) is 0 Å². The molecule has 1 aliphatic heterocycles. The fourth-order valence-corrected chi connectivity index (χ4v) is 4.11. The largest absolute Gasteiger partial charge is 0.416 e. The van der Waals surface area contributed by atoms with Crippen LogP contribution in [0.5, 0.6) is 0 Å². The van der Waals surface area contributed by atoms with Gasteiger partial charge in [-0.3, -0.25) is 9.69 Å². The summed E-state index contributed by atoms with van der Waals surface area (Å²) in [7, 11) is 0.